The number of hydrogen-bond donors (Lipinski definition) is 2. The first-order chi connectivity index (χ1) is 3.00. The maximum Gasteiger partial charge on any atom is 0.00772 e. The Morgan fingerprint density at radius 2 is 1.00 bits per heavy atom. The van der Waals surface area contributed by atoms with Gasteiger partial charge in [0.25, 0.3) is 0 Å². The van der Waals surface area contributed by atoms with Crippen molar-refractivity contribution in [2.75, 3.05) is 26.2 Å². The Balaban J connectivity index is 0.000000360. The topological polar surface area (TPSA) is 24.1 Å². The predicted octanol–water partition coefficient (Wildman–Crippen LogP) is -1.20. The Labute approximate surface area is 56.2 Å². The van der Waals surface area contributed by atoms with Crippen LogP contribution in [0.15, 0.2) is 0 Å². The summed E-state index contributed by atoms with van der Waals surface area (Å²) in [5.41, 5.74) is 0. The van der Waals surface area contributed by atoms with Crippen molar-refractivity contribution >= 4 is 18.9 Å². The van der Waals surface area contributed by atoms with Gasteiger partial charge in [-0.1, -0.05) is 0 Å². The molecule has 1 rings (SSSR count). The third-order valence-electron chi connectivity index (χ3n) is 0.957. The molecule has 0 amide bonds. The normalized spacial score (nSPS) is 20.6. The zero-order chi connectivity index (χ0) is 4.24. The third-order valence-corrected chi connectivity index (χ3v) is 0.957. The maximum absolute atomic E-state index is 3.22. The molecule has 3 heteroatoms. The molecule has 1 aliphatic rings. The summed E-state index contributed by atoms with van der Waals surface area (Å²) in [4.78, 5) is 0. The van der Waals surface area contributed by atoms with Gasteiger partial charge in [-0.3, -0.25) is 0 Å². The molecular formula is C4H10LiN2. The molecule has 7 heavy (non-hydrogen) atoms. The van der Waals surface area contributed by atoms with E-state index in [2.05, 4.69) is 10.6 Å². The minimum atomic E-state index is 0. The van der Waals surface area contributed by atoms with Gasteiger partial charge in [0.05, 0.1) is 0 Å². The van der Waals surface area contributed by atoms with E-state index < -0.39 is 0 Å². The quantitative estimate of drug-likeness (QED) is 0.367. The fourth-order valence-electron chi connectivity index (χ4n) is 0.604. The number of rotatable bonds is 0. The predicted molar refractivity (Wildman–Crippen MR) is 31.5 cm³/mol. The Hall–Kier alpha value is 0.517. The van der Waals surface area contributed by atoms with Crippen molar-refractivity contribution < 1.29 is 0 Å². The van der Waals surface area contributed by atoms with E-state index in [1.807, 2.05) is 0 Å². The van der Waals surface area contributed by atoms with Gasteiger partial charge in [-0.15, -0.1) is 0 Å². The molecule has 0 bridgehead atoms. The van der Waals surface area contributed by atoms with Crippen LogP contribution in [0.5, 0.6) is 0 Å². The monoisotopic (exact) mass is 93.1 g/mol. The van der Waals surface area contributed by atoms with E-state index in [1.54, 1.807) is 0 Å². The Morgan fingerprint density at radius 3 is 1.14 bits per heavy atom. The second-order valence-corrected chi connectivity index (χ2v) is 1.50. The van der Waals surface area contributed by atoms with Gasteiger partial charge in [0.1, 0.15) is 0 Å². The van der Waals surface area contributed by atoms with Crippen molar-refractivity contribution in [2.24, 2.45) is 0 Å². The molecule has 2 nitrogen and oxygen atoms in total. The molecule has 0 aromatic rings. The standard InChI is InChI=1S/C4H10N2.Li/c1-2-6-4-3-5-1;/h5-6H,1-4H2;. The maximum atomic E-state index is 3.22. The van der Waals surface area contributed by atoms with Crippen LogP contribution in [0.25, 0.3) is 0 Å². The van der Waals surface area contributed by atoms with Crippen molar-refractivity contribution in [1.29, 1.82) is 0 Å². The van der Waals surface area contributed by atoms with Gasteiger partial charge in [0.15, 0.2) is 0 Å². The summed E-state index contributed by atoms with van der Waals surface area (Å²) >= 11 is 0. The van der Waals surface area contributed by atoms with Crippen molar-refractivity contribution in [3.8, 4) is 0 Å². The SMILES string of the molecule is C1CNCCN1.[Li]. The van der Waals surface area contributed by atoms with E-state index in [9.17, 15) is 0 Å². The summed E-state index contributed by atoms with van der Waals surface area (Å²) in [6.07, 6.45) is 0. The van der Waals surface area contributed by atoms with Crippen molar-refractivity contribution in [1.82, 2.24) is 10.6 Å². The molecule has 1 saturated heterocycles. The van der Waals surface area contributed by atoms with Crippen LogP contribution in [0.1, 0.15) is 0 Å². The van der Waals surface area contributed by atoms with E-state index in [-0.39, 0.29) is 18.9 Å². The van der Waals surface area contributed by atoms with Gasteiger partial charge in [-0.05, 0) is 0 Å². The van der Waals surface area contributed by atoms with Crippen LogP contribution in [-0.2, 0) is 0 Å². The average Bonchev–Trinajstić information content (AvgIpc) is 1.72. The van der Waals surface area contributed by atoms with Gasteiger partial charge in [-0.25, -0.2) is 0 Å². The van der Waals surface area contributed by atoms with Crippen LogP contribution >= 0.6 is 0 Å². The smallest absolute Gasteiger partial charge is 0.00772 e. The Bertz CT molecular complexity index is 25.2. The molecule has 1 fully saturated rings. The number of piperazine rings is 1. The molecule has 1 aliphatic heterocycles. The molecule has 1 radical (unpaired) electrons. The molecule has 0 aliphatic carbocycles. The van der Waals surface area contributed by atoms with Gasteiger partial charge < -0.3 is 10.6 Å². The largest absolute Gasteiger partial charge is 0.314 e. The van der Waals surface area contributed by atoms with Crippen LogP contribution in [0.4, 0.5) is 0 Å². The second kappa shape index (κ2) is 4.67. The summed E-state index contributed by atoms with van der Waals surface area (Å²) < 4.78 is 0. The molecule has 0 unspecified atom stereocenters. The van der Waals surface area contributed by atoms with E-state index in [1.165, 1.54) is 0 Å². The van der Waals surface area contributed by atoms with Crippen LogP contribution in [0, 0.1) is 0 Å². The van der Waals surface area contributed by atoms with Crippen molar-refractivity contribution in [3.05, 3.63) is 0 Å². The van der Waals surface area contributed by atoms with E-state index in [0.29, 0.717) is 0 Å². The summed E-state index contributed by atoms with van der Waals surface area (Å²) in [6.45, 7) is 4.56. The summed E-state index contributed by atoms with van der Waals surface area (Å²) in [6, 6.07) is 0. The fraction of sp³-hybridized carbons (Fsp3) is 1.00. The molecule has 0 aromatic heterocycles. The molecular weight excluding hydrogens is 83.0 g/mol. The molecule has 0 saturated carbocycles. The first kappa shape index (κ1) is 7.52. The van der Waals surface area contributed by atoms with Gasteiger partial charge >= 0.3 is 0 Å². The minimum Gasteiger partial charge on any atom is -0.314 e. The fourth-order valence-corrected chi connectivity index (χ4v) is 0.604. The van der Waals surface area contributed by atoms with Crippen molar-refractivity contribution in [3.63, 3.8) is 0 Å². The summed E-state index contributed by atoms with van der Waals surface area (Å²) in [5, 5.41) is 6.44. The van der Waals surface area contributed by atoms with Crippen molar-refractivity contribution in [2.45, 2.75) is 0 Å². The molecule has 0 atom stereocenters. The van der Waals surface area contributed by atoms with E-state index >= 15 is 0 Å². The molecule has 0 spiro atoms. The van der Waals surface area contributed by atoms with Gasteiger partial charge in [0, 0.05) is 45.0 Å². The Kier molecular flexibility index (Phi) is 5.02. The average molecular weight is 93.1 g/mol. The first-order valence-electron chi connectivity index (χ1n) is 2.41. The first-order valence-corrected chi connectivity index (χ1v) is 2.41. The van der Waals surface area contributed by atoms with Crippen LogP contribution < -0.4 is 10.6 Å². The van der Waals surface area contributed by atoms with Gasteiger partial charge in [0.2, 0.25) is 0 Å². The second-order valence-electron chi connectivity index (χ2n) is 1.50. The Morgan fingerprint density at radius 1 is 0.714 bits per heavy atom. The van der Waals surface area contributed by atoms with E-state index in [0.717, 1.165) is 26.2 Å². The molecule has 2 N–H and O–H groups in total. The van der Waals surface area contributed by atoms with Crippen LogP contribution in [0.3, 0.4) is 0 Å². The van der Waals surface area contributed by atoms with Crippen LogP contribution in [-0.4, -0.2) is 45.0 Å². The molecule has 1 heterocycles. The van der Waals surface area contributed by atoms with Gasteiger partial charge in [-0.2, -0.15) is 0 Å². The molecule has 37 valence electrons. The summed E-state index contributed by atoms with van der Waals surface area (Å²) in [7, 11) is 0. The zero-order valence-corrected chi connectivity index (χ0v) is 4.83. The number of hydrogen-bond acceptors (Lipinski definition) is 2. The number of nitrogens with one attached hydrogen (secondary N) is 2. The summed E-state index contributed by atoms with van der Waals surface area (Å²) in [5.74, 6) is 0. The zero-order valence-electron chi connectivity index (χ0n) is 4.83. The van der Waals surface area contributed by atoms with Crippen LogP contribution in [0.2, 0.25) is 0 Å². The molecule has 0 aromatic carbocycles. The third kappa shape index (κ3) is 3.13. The van der Waals surface area contributed by atoms with E-state index in [4.69, 9.17) is 0 Å². The minimum absolute atomic E-state index is 0.